The van der Waals surface area contributed by atoms with Crippen LogP contribution in [0.25, 0.3) is 10.9 Å². The number of rotatable bonds is 4. The Labute approximate surface area is 157 Å². The first-order valence-corrected chi connectivity index (χ1v) is 8.56. The summed E-state index contributed by atoms with van der Waals surface area (Å²) in [4.78, 5) is 24.3. The number of fused-ring (bicyclic) bond motifs is 1. The first-order chi connectivity index (χ1) is 11.8. The molecule has 0 saturated heterocycles. The lowest BCUT2D eigenvalue weighted by molar-refractivity contribution is 0.0691. The van der Waals surface area contributed by atoms with Gasteiger partial charge in [0.1, 0.15) is 0 Å². The first kappa shape index (κ1) is 17.5. The highest BCUT2D eigenvalue weighted by molar-refractivity contribution is 9.10. The van der Waals surface area contributed by atoms with Gasteiger partial charge in [-0.2, -0.15) is 0 Å². The molecule has 128 valence electrons. The van der Waals surface area contributed by atoms with Crippen molar-refractivity contribution < 1.29 is 14.7 Å². The number of hydrogen-bond donors (Lipinski definition) is 2. The predicted octanol–water partition coefficient (Wildman–Crippen LogP) is 4.53. The zero-order valence-corrected chi connectivity index (χ0v) is 15.6. The van der Waals surface area contributed by atoms with E-state index >= 15 is 0 Å². The molecule has 0 unspecified atom stereocenters. The van der Waals surface area contributed by atoms with E-state index in [0.717, 1.165) is 15.4 Å². The van der Waals surface area contributed by atoms with Gasteiger partial charge in [0, 0.05) is 32.3 Å². The number of nitrogens with two attached hydrogens (primary N) is 1. The van der Waals surface area contributed by atoms with Crippen LogP contribution in [0, 0.1) is 6.92 Å². The summed E-state index contributed by atoms with van der Waals surface area (Å²) >= 11 is 9.42. The highest BCUT2D eigenvalue weighted by atomic mass is 79.9. The third-order valence-electron chi connectivity index (χ3n) is 4.13. The number of anilines is 1. The fourth-order valence-electron chi connectivity index (χ4n) is 2.78. The van der Waals surface area contributed by atoms with E-state index in [9.17, 15) is 14.7 Å². The number of aromatic nitrogens is 1. The van der Waals surface area contributed by atoms with Crippen LogP contribution < -0.4 is 5.73 Å². The van der Waals surface area contributed by atoms with Gasteiger partial charge in [-0.3, -0.25) is 4.79 Å². The van der Waals surface area contributed by atoms with Crippen LogP contribution in [0.15, 0.2) is 41.0 Å². The SMILES string of the molecule is Cc1c(Cl)cc(C(=O)O)c(C(=O)Cn2ccc3cc(Br)ccc32)c1N. The van der Waals surface area contributed by atoms with Gasteiger partial charge in [0.25, 0.3) is 0 Å². The summed E-state index contributed by atoms with van der Waals surface area (Å²) in [6.07, 6.45) is 1.79. The Hall–Kier alpha value is -2.31. The molecule has 0 atom stereocenters. The number of carbonyl (C=O) groups excluding carboxylic acids is 1. The molecule has 0 saturated carbocycles. The number of nitrogens with zero attached hydrogens (tertiary/aromatic N) is 1. The van der Waals surface area contributed by atoms with Crippen molar-refractivity contribution in [1.82, 2.24) is 4.57 Å². The number of aromatic carboxylic acids is 1. The molecule has 3 N–H and O–H groups in total. The van der Waals surface area contributed by atoms with Gasteiger partial charge in [-0.15, -0.1) is 0 Å². The summed E-state index contributed by atoms with van der Waals surface area (Å²) in [5.41, 5.74) is 7.29. The standard InChI is InChI=1S/C18H14BrClN2O3/c1-9-13(20)7-12(18(24)25)16(17(9)21)15(23)8-22-5-4-10-6-11(19)2-3-14(10)22/h2-7H,8,21H2,1H3,(H,24,25). The molecular weight excluding hydrogens is 408 g/mol. The minimum absolute atomic E-state index is 0.00615. The van der Waals surface area contributed by atoms with Crippen molar-refractivity contribution in [2.75, 3.05) is 5.73 Å². The summed E-state index contributed by atoms with van der Waals surface area (Å²) in [5.74, 6) is -1.62. The topological polar surface area (TPSA) is 85.3 Å². The molecule has 1 aromatic heterocycles. The largest absolute Gasteiger partial charge is 0.478 e. The van der Waals surface area contributed by atoms with E-state index in [1.165, 1.54) is 6.07 Å². The van der Waals surface area contributed by atoms with Crippen LogP contribution in [-0.2, 0) is 6.54 Å². The van der Waals surface area contributed by atoms with Crippen molar-refractivity contribution in [3.05, 3.63) is 62.7 Å². The molecule has 0 amide bonds. The summed E-state index contributed by atoms with van der Waals surface area (Å²) in [5, 5.41) is 10.6. The van der Waals surface area contributed by atoms with Crippen molar-refractivity contribution in [2.24, 2.45) is 0 Å². The van der Waals surface area contributed by atoms with Gasteiger partial charge in [0.2, 0.25) is 0 Å². The highest BCUT2D eigenvalue weighted by Gasteiger charge is 2.23. The lowest BCUT2D eigenvalue weighted by atomic mass is 9.97. The van der Waals surface area contributed by atoms with Gasteiger partial charge < -0.3 is 15.4 Å². The number of hydrogen-bond acceptors (Lipinski definition) is 3. The van der Waals surface area contributed by atoms with Gasteiger partial charge in [-0.25, -0.2) is 4.79 Å². The van der Waals surface area contributed by atoms with Gasteiger partial charge >= 0.3 is 5.97 Å². The van der Waals surface area contributed by atoms with Crippen molar-refractivity contribution in [3.63, 3.8) is 0 Å². The van der Waals surface area contributed by atoms with Crippen LogP contribution in [0.5, 0.6) is 0 Å². The monoisotopic (exact) mass is 420 g/mol. The van der Waals surface area contributed by atoms with Crippen LogP contribution in [0.4, 0.5) is 5.69 Å². The van der Waals surface area contributed by atoms with E-state index in [1.54, 1.807) is 17.7 Å². The lowest BCUT2D eigenvalue weighted by Crippen LogP contribution is -2.17. The maximum atomic E-state index is 12.8. The molecule has 5 nitrogen and oxygen atoms in total. The quantitative estimate of drug-likeness (QED) is 0.479. The smallest absolute Gasteiger partial charge is 0.336 e. The highest BCUT2D eigenvalue weighted by Crippen LogP contribution is 2.30. The summed E-state index contributed by atoms with van der Waals surface area (Å²) in [6, 6.07) is 8.88. The lowest BCUT2D eigenvalue weighted by Gasteiger charge is -2.13. The second kappa shape index (κ2) is 6.54. The number of nitrogen functional groups attached to an aromatic ring is 1. The Morgan fingerprint density at radius 3 is 2.68 bits per heavy atom. The Bertz CT molecular complexity index is 1030. The fourth-order valence-corrected chi connectivity index (χ4v) is 3.37. The Morgan fingerprint density at radius 2 is 2.00 bits per heavy atom. The van der Waals surface area contributed by atoms with E-state index in [-0.39, 0.29) is 34.2 Å². The third kappa shape index (κ3) is 3.15. The maximum absolute atomic E-state index is 12.8. The molecule has 3 aromatic rings. The Balaban J connectivity index is 2.06. The number of carbonyl (C=O) groups is 2. The van der Waals surface area contributed by atoms with Gasteiger partial charge in [-0.1, -0.05) is 27.5 Å². The van der Waals surface area contributed by atoms with E-state index in [1.807, 2.05) is 24.3 Å². The molecule has 0 aliphatic carbocycles. The van der Waals surface area contributed by atoms with Crippen molar-refractivity contribution in [2.45, 2.75) is 13.5 Å². The van der Waals surface area contributed by atoms with E-state index in [2.05, 4.69) is 15.9 Å². The minimum atomic E-state index is -1.24. The third-order valence-corrected chi connectivity index (χ3v) is 5.01. The zero-order chi connectivity index (χ0) is 18.3. The van der Waals surface area contributed by atoms with Gasteiger partial charge in [0.15, 0.2) is 5.78 Å². The molecule has 3 rings (SSSR count). The van der Waals surface area contributed by atoms with Gasteiger partial charge in [-0.05, 0) is 42.8 Å². The zero-order valence-electron chi connectivity index (χ0n) is 13.2. The summed E-state index contributed by atoms with van der Waals surface area (Å²) in [6.45, 7) is 1.64. The number of carboxylic acid groups (broad SMARTS) is 1. The second-order valence-electron chi connectivity index (χ2n) is 5.69. The summed E-state index contributed by atoms with van der Waals surface area (Å²) < 4.78 is 2.70. The van der Waals surface area contributed by atoms with Gasteiger partial charge in [0.05, 0.1) is 17.7 Å². The van der Waals surface area contributed by atoms with Crippen LogP contribution >= 0.6 is 27.5 Å². The fraction of sp³-hybridized carbons (Fsp3) is 0.111. The molecule has 0 bridgehead atoms. The molecule has 25 heavy (non-hydrogen) atoms. The molecule has 1 heterocycles. The minimum Gasteiger partial charge on any atom is -0.478 e. The first-order valence-electron chi connectivity index (χ1n) is 7.39. The molecule has 0 spiro atoms. The van der Waals surface area contributed by atoms with Crippen LogP contribution in [0.2, 0.25) is 5.02 Å². The van der Waals surface area contributed by atoms with Crippen LogP contribution in [0.3, 0.4) is 0 Å². The predicted molar refractivity (Wildman–Crippen MR) is 102 cm³/mol. The Kier molecular flexibility index (Phi) is 4.58. The summed E-state index contributed by atoms with van der Waals surface area (Å²) in [7, 11) is 0. The number of Topliss-reactive ketones (excluding diaryl/α,β-unsaturated/α-hetero) is 1. The number of ketones is 1. The molecule has 0 aliphatic heterocycles. The number of halogens is 2. The van der Waals surface area contributed by atoms with Crippen LogP contribution in [0.1, 0.15) is 26.3 Å². The molecule has 2 aromatic carbocycles. The second-order valence-corrected chi connectivity index (χ2v) is 7.02. The number of benzene rings is 2. The average Bonchev–Trinajstić information content (AvgIpc) is 2.93. The van der Waals surface area contributed by atoms with E-state index in [0.29, 0.717) is 5.56 Å². The van der Waals surface area contributed by atoms with E-state index < -0.39 is 5.97 Å². The maximum Gasteiger partial charge on any atom is 0.336 e. The average molecular weight is 422 g/mol. The molecule has 0 fully saturated rings. The van der Waals surface area contributed by atoms with Crippen LogP contribution in [-0.4, -0.2) is 21.4 Å². The molecule has 0 radical (unpaired) electrons. The molecular formula is C18H14BrClN2O3. The Morgan fingerprint density at radius 1 is 1.28 bits per heavy atom. The van der Waals surface area contributed by atoms with Crippen molar-refractivity contribution >= 4 is 55.9 Å². The van der Waals surface area contributed by atoms with Crippen molar-refractivity contribution in [3.8, 4) is 0 Å². The van der Waals surface area contributed by atoms with E-state index in [4.69, 9.17) is 17.3 Å². The molecule has 0 aliphatic rings. The molecule has 7 heteroatoms. The normalized spacial score (nSPS) is 11.0. The van der Waals surface area contributed by atoms with Crippen molar-refractivity contribution in [1.29, 1.82) is 0 Å². The number of carboxylic acids is 1.